The van der Waals surface area contributed by atoms with Gasteiger partial charge in [-0.1, -0.05) is 6.07 Å². The Morgan fingerprint density at radius 2 is 2.35 bits per heavy atom. The van der Waals surface area contributed by atoms with E-state index in [0.717, 1.165) is 38.3 Å². The van der Waals surface area contributed by atoms with Gasteiger partial charge in [-0.15, -0.1) is 11.3 Å². The third kappa shape index (κ3) is 5.20. The molecule has 0 aliphatic carbocycles. The summed E-state index contributed by atoms with van der Waals surface area (Å²) in [6.07, 6.45) is 4.05. The molecule has 5 nitrogen and oxygen atoms in total. The molecule has 0 aromatic carbocycles. The molecule has 1 fully saturated rings. The summed E-state index contributed by atoms with van der Waals surface area (Å²) in [7, 11) is 0. The Labute approximate surface area is 140 Å². The fourth-order valence-corrected chi connectivity index (χ4v) is 3.49. The number of rotatable bonds is 8. The summed E-state index contributed by atoms with van der Waals surface area (Å²) in [5.41, 5.74) is 0. The average Bonchev–Trinajstić information content (AvgIpc) is 3.29. The molecule has 6 heteroatoms. The van der Waals surface area contributed by atoms with Crippen LogP contribution in [0.5, 0.6) is 0 Å². The molecule has 2 aromatic heterocycles. The minimum Gasteiger partial charge on any atom is -0.467 e. The van der Waals surface area contributed by atoms with E-state index in [1.807, 2.05) is 18.2 Å². The zero-order valence-electron chi connectivity index (χ0n) is 13.1. The lowest BCUT2D eigenvalue weighted by Crippen LogP contribution is -2.40. The Balaban J connectivity index is 1.52. The number of carbonyl (C=O) groups excluding carboxylic acids is 1. The molecule has 3 rings (SSSR count). The van der Waals surface area contributed by atoms with Crippen LogP contribution in [0, 0.1) is 0 Å². The van der Waals surface area contributed by atoms with Crippen molar-refractivity contribution in [2.75, 3.05) is 19.7 Å². The van der Waals surface area contributed by atoms with Crippen molar-refractivity contribution in [3.63, 3.8) is 0 Å². The number of ether oxygens (including phenoxy) is 1. The van der Waals surface area contributed by atoms with Gasteiger partial charge in [0.05, 0.1) is 25.5 Å². The lowest BCUT2D eigenvalue weighted by atomic mass is 10.2. The predicted octanol–water partition coefficient (Wildman–Crippen LogP) is 2.64. The molecule has 124 valence electrons. The normalized spacial score (nSPS) is 17.7. The van der Waals surface area contributed by atoms with Gasteiger partial charge in [0.15, 0.2) is 0 Å². The van der Waals surface area contributed by atoms with Crippen LogP contribution < -0.4 is 5.32 Å². The Hall–Kier alpha value is -1.63. The Morgan fingerprint density at radius 1 is 1.39 bits per heavy atom. The van der Waals surface area contributed by atoms with Crippen molar-refractivity contribution in [2.45, 2.75) is 32.0 Å². The van der Waals surface area contributed by atoms with Crippen LogP contribution in [0.3, 0.4) is 0 Å². The van der Waals surface area contributed by atoms with E-state index in [0.29, 0.717) is 13.1 Å². The molecule has 1 aliphatic heterocycles. The third-order valence-electron chi connectivity index (χ3n) is 3.85. The Kier molecular flexibility index (Phi) is 5.85. The van der Waals surface area contributed by atoms with Crippen LogP contribution in [-0.4, -0.2) is 36.6 Å². The number of nitrogens with one attached hydrogen (secondary N) is 1. The number of furan rings is 1. The van der Waals surface area contributed by atoms with Crippen molar-refractivity contribution in [2.24, 2.45) is 0 Å². The number of thiophene rings is 1. The molecule has 23 heavy (non-hydrogen) atoms. The summed E-state index contributed by atoms with van der Waals surface area (Å²) in [5.74, 6) is 0.776. The van der Waals surface area contributed by atoms with E-state index in [1.165, 1.54) is 4.88 Å². The molecule has 1 N–H and O–H groups in total. The Bertz CT molecular complexity index is 577. The lowest BCUT2D eigenvalue weighted by Gasteiger charge is -2.24. The van der Waals surface area contributed by atoms with Crippen LogP contribution >= 0.6 is 11.3 Å². The number of carbonyl (C=O) groups is 1. The lowest BCUT2D eigenvalue weighted by molar-refractivity contribution is -0.123. The second-order valence-corrected chi connectivity index (χ2v) is 6.77. The van der Waals surface area contributed by atoms with Gasteiger partial charge in [0.1, 0.15) is 5.76 Å². The van der Waals surface area contributed by atoms with E-state index < -0.39 is 0 Å². The van der Waals surface area contributed by atoms with Crippen molar-refractivity contribution < 1.29 is 13.9 Å². The molecule has 0 bridgehead atoms. The van der Waals surface area contributed by atoms with Crippen molar-refractivity contribution in [3.05, 3.63) is 46.5 Å². The summed E-state index contributed by atoms with van der Waals surface area (Å²) in [4.78, 5) is 15.7. The maximum atomic E-state index is 12.2. The zero-order valence-corrected chi connectivity index (χ0v) is 13.9. The second kappa shape index (κ2) is 8.29. The van der Waals surface area contributed by atoms with Gasteiger partial charge in [-0.3, -0.25) is 9.69 Å². The van der Waals surface area contributed by atoms with E-state index in [-0.39, 0.29) is 12.0 Å². The summed E-state index contributed by atoms with van der Waals surface area (Å²) >= 11 is 1.72. The van der Waals surface area contributed by atoms with Gasteiger partial charge >= 0.3 is 0 Å². The van der Waals surface area contributed by atoms with E-state index in [2.05, 4.69) is 21.7 Å². The predicted molar refractivity (Wildman–Crippen MR) is 89.1 cm³/mol. The first kappa shape index (κ1) is 16.2. The first-order valence-corrected chi connectivity index (χ1v) is 8.83. The van der Waals surface area contributed by atoms with Crippen molar-refractivity contribution in [3.8, 4) is 0 Å². The van der Waals surface area contributed by atoms with Crippen molar-refractivity contribution in [1.82, 2.24) is 10.2 Å². The molecular formula is C17H22N2O3S. The summed E-state index contributed by atoms with van der Waals surface area (Å²) in [6.45, 7) is 3.22. The van der Waals surface area contributed by atoms with Gasteiger partial charge in [-0.2, -0.15) is 0 Å². The minimum absolute atomic E-state index is 0.0101. The van der Waals surface area contributed by atoms with Crippen LogP contribution in [0.15, 0.2) is 40.3 Å². The number of nitrogens with zero attached hydrogens (tertiary/aromatic N) is 1. The van der Waals surface area contributed by atoms with E-state index in [1.54, 1.807) is 17.6 Å². The van der Waals surface area contributed by atoms with Gasteiger partial charge in [0.25, 0.3) is 0 Å². The highest BCUT2D eigenvalue weighted by molar-refractivity contribution is 7.09. The standard InChI is InChI=1S/C17H22N2O3S/c20-17(18-10-14-4-1-7-21-14)13-19(11-15-5-2-8-22-15)12-16-6-3-9-23-16/h1,3-4,6-7,9,15H,2,5,8,10-13H2,(H,18,20). The van der Waals surface area contributed by atoms with Crippen molar-refractivity contribution >= 4 is 17.2 Å². The fraction of sp³-hybridized carbons (Fsp3) is 0.471. The van der Waals surface area contributed by atoms with Crippen LogP contribution in [-0.2, 0) is 22.6 Å². The molecule has 0 spiro atoms. The smallest absolute Gasteiger partial charge is 0.234 e. The molecule has 0 saturated carbocycles. The summed E-state index contributed by atoms with van der Waals surface area (Å²) < 4.78 is 11.0. The molecule has 1 atom stereocenters. The van der Waals surface area contributed by atoms with Gasteiger partial charge < -0.3 is 14.5 Å². The first-order valence-electron chi connectivity index (χ1n) is 7.95. The number of hydrogen-bond donors (Lipinski definition) is 1. The summed E-state index contributed by atoms with van der Waals surface area (Å²) in [5, 5.41) is 4.97. The minimum atomic E-state index is 0.0101. The highest BCUT2D eigenvalue weighted by Gasteiger charge is 2.21. The maximum Gasteiger partial charge on any atom is 0.234 e. The van der Waals surface area contributed by atoms with Crippen molar-refractivity contribution in [1.29, 1.82) is 0 Å². The molecule has 1 aliphatic rings. The SMILES string of the molecule is O=C(CN(Cc1cccs1)CC1CCCO1)NCc1ccco1. The van der Waals surface area contributed by atoms with Gasteiger partial charge in [0.2, 0.25) is 5.91 Å². The molecule has 1 saturated heterocycles. The highest BCUT2D eigenvalue weighted by Crippen LogP contribution is 2.17. The van der Waals surface area contributed by atoms with E-state index >= 15 is 0 Å². The maximum absolute atomic E-state index is 12.2. The topological polar surface area (TPSA) is 54.7 Å². The Morgan fingerprint density at radius 3 is 3.04 bits per heavy atom. The van der Waals surface area contributed by atoms with Crippen LogP contribution in [0.25, 0.3) is 0 Å². The summed E-state index contributed by atoms with van der Waals surface area (Å²) in [6, 6.07) is 7.83. The number of hydrogen-bond acceptors (Lipinski definition) is 5. The molecule has 2 aromatic rings. The quantitative estimate of drug-likeness (QED) is 0.806. The third-order valence-corrected chi connectivity index (χ3v) is 4.71. The van der Waals surface area contributed by atoms with Gasteiger partial charge in [0, 0.05) is 24.6 Å². The largest absolute Gasteiger partial charge is 0.467 e. The van der Waals surface area contributed by atoms with E-state index in [4.69, 9.17) is 9.15 Å². The van der Waals surface area contributed by atoms with Gasteiger partial charge in [-0.05, 0) is 36.4 Å². The fourth-order valence-electron chi connectivity index (χ4n) is 2.74. The van der Waals surface area contributed by atoms with Gasteiger partial charge in [-0.25, -0.2) is 0 Å². The molecule has 3 heterocycles. The molecular weight excluding hydrogens is 312 g/mol. The first-order chi connectivity index (χ1) is 11.3. The molecule has 1 amide bonds. The highest BCUT2D eigenvalue weighted by atomic mass is 32.1. The molecule has 1 unspecified atom stereocenters. The zero-order chi connectivity index (χ0) is 15.9. The van der Waals surface area contributed by atoms with Crippen LogP contribution in [0.1, 0.15) is 23.5 Å². The van der Waals surface area contributed by atoms with Crippen LogP contribution in [0.4, 0.5) is 0 Å². The average molecular weight is 334 g/mol. The number of amides is 1. The van der Waals surface area contributed by atoms with Crippen LogP contribution in [0.2, 0.25) is 0 Å². The molecule has 0 radical (unpaired) electrons. The second-order valence-electron chi connectivity index (χ2n) is 5.74. The van der Waals surface area contributed by atoms with E-state index in [9.17, 15) is 4.79 Å². The monoisotopic (exact) mass is 334 g/mol.